The van der Waals surface area contributed by atoms with Crippen molar-refractivity contribution in [3.05, 3.63) is 33.9 Å². The van der Waals surface area contributed by atoms with Gasteiger partial charge in [0.2, 0.25) is 0 Å². The van der Waals surface area contributed by atoms with Crippen LogP contribution in [0.25, 0.3) is 0 Å². The molecule has 0 atom stereocenters. The molecule has 118 valence electrons. The maximum absolute atomic E-state index is 12.4. The number of methoxy groups -OCH3 is 1. The van der Waals surface area contributed by atoms with Crippen LogP contribution < -0.4 is 4.74 Å². The minimum absolute atomic E-state index is 0.0139. The Balaban J connectivity index is 2.13. The number of amides is 2. The van der Waals surface area contributed by atoms with Crippen molar-refractivity contribution in [2.75, 3.05) is 33.3 Å². The number of nitro benzene ring substituents is 1. The van der Waals surface area contributed by atoms with Crippen LogP contribution in [0.15, 0.2) is 18.2 Å². The highest BCUT2D eigenvalue weighted by atomic mass is 16.6. The van der Waals surface area contributed by atoms with E-state index in [1.54, 1.807) is 0 Å². The Morgan fingerprint density at radius 3 is 2.32 bits per heavy atom. The van der Waals surface area contributed by atoms with E-state index in [2.05, 4.69) is 0 Å². The zero-order chi connectivity index (χ0) is 16.3. The van der Waals surface area contributed by atoms with Crippen LogP contribution in [0.3, 0.4) is 0 Å². The van der Waals surface area contributed by atoms with Crippen LogP contribution in [0.5, 0.6) is 5.75 Å². The van der Waals surface area contributed by atoms with Crippen molar-refractivity contribution in [2.45, 2.75) is 0 Å². The maximum Gasteiger partial charge on any atom is 0.407 e. The van der Waals surface area contributed by atoms with Gasteiger partial charge in [0.25, 0.3) is 5.91 Å². The smallest absolute Gasteiger partial charge is 0.407 e. The van der Waals surface area contributed by atoms with Gasteiger partial charge in [-0.1, -0.05) is 0 Å². The molecule has 1 saturated heterocycles. The van der Waals surface area contributed by atoms with Crippen LogP contribution in [0.2, 0.25) is 0 Å². The number of benzene rings is 1. The summed E-state index contributed by atoms with van der Waals surface area (Å²) < 4.78 is 4.93. The lowest BCUT2D eigenvalue weighted by Crippen LogP contribution is -2.50. The molecule has 0 saturated carbocycles. The molecule has 1 aliphatic heterocycles. The molecule has 0 bridgehead atoms. The highest BCUT2D eigenvalue weighted by molar-refractivity contribution is 5.95. The number of piperazine rings is 1. The van der Waals surface area contributed by atoms with Crippen LogP contribution in [-0.4, -0.2) is 65.1 Å². The number of hydrogen-bond acceptors (Lipinski definition) is 5. The van der Waals surface area contributed by atoms with Crippen molar-refractivity contribution in [1.82, 2.24) is 9.80 Å². The van der Waals surface area contributed by atoms with Gasteiger partial charge >= 0.3 is 11.8 Å². The summed E-state index contributed by atoms with van der Waals surface area (Å²) in [4.78, 5) is 36.2. The summed E-state index contributed by atoms with van der Waals surface area (Å²) in [5, 5.41) is 19.7. The summed E-state index contributed by atoms with van der Waals surface area (Å²) in [5.41, 5.74) is 0.0565. The van der Waals surface area contributed by atoms with E-state index in [0.29, 0.717) is 0 Å². The molecule has 1 fully saturated rings. The number of nitrogens with zero attached hydrogens (tertiary/aromatic N) is 3. The van der Waals surface area contributed by atoms with Gasteiger partial charge < -0.3 is 19.6 Å². The second-order valence-corrected chi connectivity index (χ2v) is 4.71. The van der Waals surface area contributed by atoms with E-state index in [-0.39, 0.29) is 49.1 Å². The third-order valence-corrected chi connectivity index (χ3v) is 3.46. The van der Waals surface area contributed by atoms with Gasteiger partial charge in [-0.2, -0.15) is 0 Å². The van der Waals surface area contributed by atoms with Gasteiger partial charge in [0.1, 0.15) is 0 Å². The maximum atomic E-state index is 12.4. The highest BCUT2D eigenvalue weighted by Crippen LogP contribution is 2.28. The second-order valence-electron chi connectivity index (χ2n) is 4.71. The third-order valence-electron chi connectivity index (χ3n) is 3.46. The molecule has 0 unspecified atom stereocenters. The first-order chi connectivity index (χ1) is 10.4. The topological polar surface area (TPSA) is 113 Å². The molecule has 0 spiro atoms. The largest absolute Gasteiger partial charge is 0.490 e. The molecule has 2 rings (SSSR count). The summed E-state index contributed by atoms with van der Waals surface area (Å²) in [5.74, 6) is -0.293. The van der Waals surface area contributed by atoms with Gasteiger partial charge in [-0.15, -0.1) is 0 Å². The molecule has 1 N–H and O–H groups in total. The lowest BCUT2D eigenvalue weighted by atomic mass is 10.1. The van der Waals surface area contributed by atoms with E-state index in [1.807, 2.05) is 0 Å². The molecule has 0 aromatic heterocycles. The molecular formula is C13H15N3O6. The Bertz CT molecular complexity index is 610. The number of carboxylic acid groups (broad SMARTS) is 1. The van der Waals surface area contributed by atoms with Crippen molar-refractivity contribution in [2.24, 2.45) is 0 Å². The first-order valence-electron chi connectivity index (χ1n) is 6.53. The molecule has 9 heteroatoms. The zero-order valence-electron chi connectivity index (χ0n) is 11.9. The predicted molar refractivity (Wildman–Crippen MR) is 75.1 cm³/mol. The Hall–Kier alpha value is -2.84. The van der Waals surface area contributed by atoms with Crippen molar-refractivity contribution in [3.8, 4) is 5.75 Å². The standard InChI is InChI=1S/C13H15N3O6/c1-22-11-8-9(2-3-10(11)16(20)21)12(17)14-4-6-15(7-5-14)13(18)19/h2-3,8H,4-7H2,1H3,(H,18,19). The van der Waals surface area contributed by atoms with E-state index >= 15 is 0 Å². The van der Waals surface area contributed by atoms with E-state index in [0.717, 1.165) is 0 Å². The fourth-order valence-corrected chi connectivity index (χ4v) is 2.24. The van der Waals surface area contributed by atoms with Gasteiger partial charge in [0, 0.05) is 43.9 Å². The first-order valence-corrected chi connectivity index (χ1v) is 6.53. The fraction of sp³-hybridized carbons (Fsp3) is 0.385. The molecule has 2 amide bonds. The predicted octanol–water partition coefficient (Wildman–Crippen LogP) is 1.04. The number of hydrogen-bond donors (Lipinski definition) is 1. The number of nitro groups is 1. The van der Waals surface area contributed by atoms with Crippen molar-refractivity contribution >= 4 is 17.7 Å². The molecule has 0 radical (unpaired) electrons. The van der Waals surface area contributed by atoms with Gasteiger partial charge in [-0.3, -0.25) is 14.9 Å². The van der Waals surface area contributed by atoms with Crippen LogP contribution in [0.1, 0.15) is 10.4 Å². The number of rotatable bonds is 3. The van der Waals surface area contributed by atoms with E-state index < -0.39 is 11.0 Å². The van der Waals surface area contributed by atoms with Crippen LogP contribution in [0.4, 0.5) is 10.5 Å². The normalized spacial score (nSPS) is 14.6. The molecule has 1 aromatic carbocycles. The second kappa shape index (κ2) is 6.29. The van der Waals surface area contributed by atoms with Crippen molar-refractivity contribution < 1.29 is 24.4 Å². The first kappa shape index (κ1) is 15.5. The molecule has 1 aliphatic rings. The quantitative estimate of drug-likeness (QED) is 0.659. The van der Waals surface area contributed by atoms with E-state index in [1.165, 1.54) is 35.1 Å². The Kier molecular flexibility index (Phi) is 4.44. The van der Waals surface area contributed by atoms with Crippen LogP contribution in [0, 0.1) is 10.1 Å². The summed E-state index contributed by atoms with van der Waals surface area (Å²) in [6.07, 6.45) is -1.01. The van der Waals surface area contributed by atoms with Gasteiger partial charge in [0.05, 0.1) is 12.0 Å². The Labute approximate surface area is 125 Å². The van der Waals surface area contributed by atoms with Crippen molar-refractivity contribution in [1.29, 1.82) is 0 Å². The monoisotopic (exact) mass is 309 g/mol. The molecule has 1 heterocycles. The molecular weight excluding hydrogens is 294 g/mol. The average molecular weight is 309 g/mol. The molecule has 9 nitrogen and oxygen atoms in total. The lowest BCUT2D eigenvalue weighted by Gasteiger charge is -2.33. The van der Waals surface area contributed by atoms with Gasteiger partial charge in [0.15, 0.2) is 5.75 Å². The third kappa shape index (κ3) is 3.08. The van der Waals surface area contributed by atoms with E-state index in [4.69, 9.17) is 9.84 Å². The number of ether oxygens (including phenoxy) is 1. The summed E-state index contributed by atoms with van der Waals surface area (Å²) in [7, 11) is 1.29. The summed E-state index contributed by atoms with van der Waals surface area (Å²) in [6.45, 7) is 1.05. The number of carbonyl (C=O) groups is 2. The Morgan fingerprint density at radius 1 is 1.23 bits per heavy atom. The SMILES string of the molecule is COc1cc(C(=O)N2CCN(C(=O)O)CC2)ccc1[N+](=O)[O-]. The molecule has 1 aromatic rings. The van der Waals surface area contributed by atoms with Gasteiger partial charge in [-0.05, 0) is 6.07 Å². The van der Waals surface area contributed by atoms with Crippen molar-refractivity contribution in [3.63, 3.8) is 0 Å². The van der Waals surface area contributed by atoms with E-state index in [9.17, 15) is 19.7 Å². The summed E-state index contributed by atoms with van der Waals surface area (Å²) in [6, 6.07) is 3.91. The average Bonchev–Trinajstić information content (AvgIpc) is 2.53. The zero-order valence-corrected chi connectivity index (χ0v) is 11.9. The minimum Gasteiger partial charge on any atom is -0.490 e. The Morgan fingerprint density at radius 2 is 1.82 bits per heavy atom. The fourth-order valence-electron chi connectivity index (χ4n) is 2.24. The molecule has 0 aliphatic carbocycles. The lowest BCUT2D eigenvalue weighted by molar-refractivity contribution is -0.385. The summed E-state index contributed by atoms with van der Waals surface area (Å²) >= 11 is 0. The minimum atomic E-state index is -1.01. The van der Waals surface area contributed by atoms with Crippen LogP contribution >= 0.6 is 0 Å². The number of carbonyl (C=O) groups excluding carboxylic acids is 1. The van der Waals surface area contributed by atoms with Gasteiger partial charge in [-0.25, -0.2) is 4.79 Å². The highest BCUT2D eigenvalue weighted by Gasteiger charge is 2.26. The van der Waals surface area contributed by atoms with Crippen LogP contribution in [-0.2, 0) is 0 Å². The molecule has 22 heavy (non-hydrogen) atoms.